The van der Waals surface area contributed by atoms with Crippen molar-refractivity contribution in [3.05, 3.63) is 54.0 Å². The predicted octanol–water partition coefficient (Wildman–Crippen LogP) is 3.22. The summed E-state index contributed by atoms with van der Waals surface area (Å²) in [5.74, 6) is 2.10. The predicted molar refractivity (Wildman–Crippen MR) is 114 cm³/mol. The van der Waals surface area contributed by atoms with E-state index in [0.29, 0.717) is 18.9 Å². The number of guanidine groups is 1. The molecule has 0 saturated carbocycles. The molecule has 26 heavy (non-hydrogen) atoms. The van der Waals surface area contributed by atoms with E-state index < -0.39 is 6.10 Å². The van der Waals surface area contributed by atoms with Crippen LogP contribution in [-0.4, -0.2) is 49.3 Å². The van der Waals surface area contributed by atoms with E-state index in [2.05, 4.69) is 10.3 Å². The van der Waals surface area contributed by atoms with E-state index in [1.54, 1.807) is 18.4 Å². The first-order valence-corrected chi connectivity index (χ1v) is 8.50. The molecule has 0 aliphatic rings. The first kappa shape index (κ1) is 22.3. The number of aliphatic hydroxyl groups is 1. The van der Waals surface area contributed by atoms with Crippen LogP contribution < -0.4 is 10.1 Å². The van der Waals surface area contributed by atoms with Gasteiger partial charge < -0.3 is 24.5 Å². The molecule has 2 rings (SSSR count). The number of halogens is 1. The molecule has 2 N–H and O–H groups in total. The van der Waals surface area contributed by atoms with Crippen LogP contribution in [0.2, 0.25) is 0 Å². The molecule has 7 heteroatoms. The Bertz CT molecular complexity index is 645. The summed E-state index contributed by atoms with van der Waals surface area (Å²) in [7, 11) is 1.94. The number of hydrogen-bond acceptors (Lipinski definition) is 4. The van der Waals surface area contributed by atoms with Gasteiger partial charge in [-0.3, -0.25) is 0 Å². The van der Waals surface area contributed by atoms with E-state index in [1.807, 2.05) is 50.1 Å². The van der Waals surface area contributed by atoms with Crippen molar-refractivity contribution in [3.63, 3.8) is 0 Å². The smallest absolute Gasteiger partial charge is 0.193 e. The fourth-order valence-electron chi connectivity index (χ4n) is 2.25. The molecule has 2 aromatic rings. The normalized spacial score (nSPS) is 12.2. The molecule has 6 nitrogen and oxygen atoms in total. The van der Waals surface area contributed by atoms with Crippen molar-refractivity contribution in [3.8, 4) is 5.75 Å². The van der Waals surface area contributed by atoms with Gasteiger partial charge in [-0.1, -0.05) is 17.7 Å². The van der Waals surface area contributed by atoms with Crippen molar-refractivity contribution in [1.29, 1.82) is 0 Å². The number of rotatable bonds is 8. The highest BCUT2D eigenvalue weighted by molar-refractivity contribution is 14.0. The van der Waals surface area contributed by atoms with Crippen LogP contribution in [0, 0.1) is 6.92 Å². The van der Waals surface area contributed by atoms with Gasteiger partial charge in [0.1, 0.15) is 24.2 Å². The molecule has 144 valence electrons. The van der Waals surface area contributed by atoms with Gasteiger partial charge in [-0.05, 0) is 38.1 Å². The van der Waals surface area contributed by atoms with Crippen LogP contribution in [0.3, 0.4) is 0 Å². The number of nitrogens with zero attached hydrogens (tertiary/aromatic N) is 2. The highest BCUT2D eigenvalue weighted by Crippen LogP contribution is 2.13. The minimum atomic E-state index is -0.749. The molecule has 1 unspecified atom stereocenters. The van der Waals surface area contributed by atoms with Crippen molar-refractivity contribution in [2.24, 2.45) is 4.99 Å². The maximum Gasteiger partial charge on any atom is 0.193 e. The number of aryl methyl sites for hydroxylation is 1. The number of furan rings is 1. The number of aliphatic hydroxyl groups excluding tert-OH is 1. The Kier molecular flexibility index (Phi) is 10.1. The lowest BCUT2D eigenvalue weighted by Crippen LogP contribution is -2.41. The summed E-state index contributed by atoms with van der Waals surface area (Å²) in [6.45, 7) is 6.27. The van der Waals surface area contributed by atoms with Gasteiger partial charge in [0.25, 0.3) is 0 Å². The van der Waals surface area contributed by atoms with Crippen molar-refractivity contribution in [1.82, 2.24) is 10.2 Å². The largest absolute Gasteiger partial charge is 0.492 e. The van der Waals surface area contributed by atoms with E-state index in [4.69, 9.17) is 9.15 Å². The molecule has 0 saturated heterocycles. The number of benzene rings is 1. The van der Waals surface area contributed by atoms with Crippen LogP contribution in [0.15, 0.2) is 52.1 Å². The second kappa shape index (κ2) is 11.8. The third kappa shape index (κ3) is 7.25. The number of hydrogen-bond donors (Lipinski definition) is 2. The van der Waals surface area contributed by atoms with Gasteiger partial charge in [-0.15, -0.1) is 24.0 Å². The number of ether oxygens (including phenoxy) is 1. The van der Waals surface area contributed by atoms with Crippen LogP contribution in [0.25, 0.3) is 0 Å². The van der Waals surface area contributed by atoms with E-state index in [1.165, 1.54) is 5.56 Å². The van der Waals surface area contributed by atoms with E-state index in [-0.39, 0.29) is 30.5 Å². The van der Waals surface area contributed by atoms with Crippen LogP contribution in [0.5, 0.6) is 5.75 Å². The molecular formula is C19H28IN3O3. The topological polar surface area (TPSA) is 70.2 Å². The fourth-order valence-corrected chi connectivity index (χ4v) is 2.25. The molecule has 1 aromatic carbocycles. The summed E-state index contributed by atoms with van der Waals surface area (Å²) >= 11 is 0. The van der Waals surface area contributed by atoms with Gasteiger partial charge >= 0.3 is 0 Å². The highest BCUT2D eigenvalue weighted by atomic mass is 127. The molecule has 1 atom stereocenters. The number of aliphatic imine (C=N–C) groups is 1. The maximum absolute atomic E-state index is 10.1. The lowest BCUT2D eigenvalue weighted by atomic mass is 10.2. The Hall–Kier alpha value is -1.74. The quantitative estimate of drug-likeness (QED) is 0.350. The number of nitrogens with one attached hydrogen (secondary N) is 1. The Morgan fingerprint density at radius 1 is 1.31 bits per heavy atom. The fraction of sp³-hybridized carbons (Fsp3) is 0.421. The summed E-state index contributed by atoms with van der Waals surface area (Å²) in [5.41, 5.74) is 1.21. The summed E-state index contributed by atoms with van der Waals surface area (Å²) in [4.78, 5) is 6.45. The monoisotopic (exact) mass is 473 g/mol. The number of likely N-dealkylation sites (N-methyl/N-ethyl adjacent to an activating group) is 1. The van der Waals surface area contributed by atoms with Gasteiger partial charge in [0, 0.05) is 13.6 Å². The Morgan fingerprint density at radius 2 is 2.04 bits per heavy atom. The van der Waals surface area contributed by atoms with Gasteiger partial charge in [0.2, 0.25) is 0 Å². The Balaban J connectivity index is 0.00000338. The molecule has 1 heterocycles. The zero-order chi connectivity index (χ0) is 18.1. The van der Waals surface area contributed by atoms with E-state index in [9.17, 15) is 5.11 Å². The zero-order valence-electron chi connectivity index (χ0n) is 15.5. The lowest BCUT2D eigenvalue weighted by Gasteiger charge is -2.22. The summed E-state index contributed by atoms with van der Waals surface area (Å²) in [6.07, 6.45) is 0.794. The van der Waals surface area contributed by atoms with Crippen LogP contribution in [0.4, 0.5) is 0 Å². The minimum absolute atomic E-state index is 0. The Labute approximate surface area is 172 Å². The van der Waals surface area contributed by atoms with Crippen molar-refractivity contribution < 1.29 is 14.3 Å². The van der Waals surface area contributed by atoms with Crippen LogP contribution in [-0.2, 0) is 0 Å². The second-order valence-electron chi connectivity index (χ2n) is 5.81. The Morgan fingerprint density at radius 3 is 2.65 bits per heavy atom. The highest BCUT2D eigenvalue weighted by Gasteiger charge is 2.11. The van der Waals surface area contributed by atoms with Gasteiger partial charge in [0.05, 0.1) is 19.4 Å². The molecule has 0 aliphatic carbocycles. The van der Waals surface area contributed by atoms with E-state index in [0.717, 1.165) is 18.3 Å². The molecule has 0 bridgehead atoms. The third-order valence-corrected chi connectivity index (χ3v) is 3.70. The zero-order valence-corrected chi connectivity index (χ0v) is 17.8. The molecular weight excluding hydrogens is 445 g/mol. The molecule has 0 spiro atoms. The molecule has 0 amide bonds. The van der Waals surface area contributed by atoms with Crippen molar-refractivity contribution in [2.75, 3.05) is 33.3 Å². The molecule has 0 aliphatic heterocycles. The van der Waals surface area contributed by atoms with Gasteiger partial charge in [0.15, 0.2) is 5.96 Å². The summed E-state index contributed by atoms with van der Waals surface area (Å²) in [6, 6.07) is 11.5. The first-order valence-electron chi connectivity index (χ1n) is 8.50. The lowest BCUT2D eigenvalue weighted by molar-refractivity contribution is 0.158. The molecule has 0 radical (unpaired) electrons. The van der Waals surface area contributed by atoms with Crippen molar-refractivity contribution in [2.45, 2.75) is 20.0 Å². The average Bonchev–Trinajstić information content (AvgIpc) is 3.14. The third-order valence-electron chi connectivity index (χ3n) is 3.70. The van der Waals surface area contributed by atoms with Gasteiger partial charge in [-0.2, -0.15) is 0 Å². The summed E-state index contributed by atoms with van der Waals surface area (Å²) < 4.78 is 11.0. The first-order chi connectivity index (χ1) is 12.1. The standard InChI is InChI=1S/C19H27N3O3.HI/c1-4-20-19(21-14-17(23)18-6-5-12-25-18)22(3)11-13-24-16-9-7-15(2)8-10-16;/h5-10,12,17,23H,4,11,13-14H2,1-3H3,(H,20,21);1H. The second-order valence-corrected chi connectivity index (χ2v) is 5.81. The summed E-state index contributed by atoms with van der Waals surface area (Å²) in [5, 5.41) is 13.3. The average molecular weight is 473 g/mol. The SMILES string of the molecule is CCNC(=NCC(O)c1ccco1)N(C)CCOc1ccc(C)cc1.I. The molecule has 1 aromatic heterocycles. The van der Waals surface area contributed by atoms with Crippen molar-refractivity contribution >= 4 is 29.9 Å². The van der Waals surface area contributed by atoms with Crippen LogP contribution in [0.1, 0.15) is 24.4 Å². The van der Waals surface area contributed by atoms with Gasteiger partial charge in [-0.25, -0.2) is 4.99 Å². The van der Waals surface area contributed by atoms with Crippen LogP contribution >= 0.6 is 24.0 Å². The molecule has 0 fully saturated rings. The minimum Gasteiger partial charge on any atom is -0.492 e. The maximum atomic E-state index is 10.1. The van der Waals surface area contributed by atoms with E-state index >= 15 is 0 Å².